The van der Waals surface area contributed by atoms with Crippen LogP contribution in [0.25, 0.3) is 11.8 Å². The van der Waals surface area contributed by atoms with E-state index < -0.39 is 0 Å². The van der Waals surface area contributed by atoms with Gasteiger partial charge in [0.1, 0.15) is 5.75 Å². The molecule has 1 N–H and O–H groups in total. The van der Waals surface area contributed by atoms with Crippen molar-refractivity contribution in [1.82, 2.24) is 14.9 Å². The van der Waals surface area contributed by atoms with Crippen molar-refractivity contribution in [2.75, 3.05) is 6.61 Å². The van der Waals surface area contributed by atoms with Crippen molar-refractivity contribution in [2.45, 2.75) is 20.8 Å². The Labute approximate surface area is 179 Å². The molecule has 3 aromatic rings. The summed E-state index contributed by atoms with van der Waals surface area (Å²) in [5.41, 5.74) is 4.97. The monoisotopic (exact) mass is 418 g/mol. The summed E-state index contributed by atoms with van der Waals surface area (Å²) in [6, 6.07) is 13.5. The summed E-state index contributed by atoms with van der Waals surface area (Å²) >= 11 is 1.34. The second-order valence-electron chi connectivity index (χ2n) is 6.78. The SMILES string of the molecule is CCOc1ccc(N=C2NC(=O)/C(=C\c3cc(C)n(-c4ccncc4)c3C)S2)cc1. The van der Waals surface area contributed by atoms with Gasteiger partial charge >= 0.3 is 0 Å². The molecule has 1 saturated heterocycles. The van der Waals surface area contributed by atoms with Gasteiger partial charge in [-0.2, -0.15) is 0 Å². The minimum absolute atomic E-state index is 0.140. The normalized spacial score (nSPS) is 16.3. The molecule has 6 nitrogen and oxygen atoms in total. The van der Waals surface area contributed by atoms with Gasteiger partial charge in [-0.05, 0) is 86.6 Å². The number of amidine groups is 1. The summed E-state index contributed by atoms with van der Waals surface area (Å²) in [4.78, 5) is 21.7. The molecule has 2 aromatic heterocycles. The van der Waals surface area contributed by atoms with Crippen molar-refractivity contribution in [3.8, 4) is 11.4 Å². The smallest absolute Gasteiger partial charge is 0.264 e. The lowest BCUT2D eigenvalue weighted by molar-refractivity contribution is -0.115. The van der Waals surface area contributed by atoms with E-state index in [9.17, 15) is 4.79 Å². The standard InChI is InChI=1S/C23H22N4O2S/c1-4-29-20-7-5-18(6-8-20)25-23-26-22(28)21(30-23)14-17-13-15(2)27(16(17)3)19-9-11-24-12-10-19/h5-14H,4H2,1-3H3,(H,25,26,28)/b21-14+. The maximum Gasteiger partial charge on any atom is 0.264 e. The van der Waals surface area contributed by atoms with E-state index in [2.05, 4.69) is 32.9 Å². The lowest BCUT2D eigenvalue weighted by atomic mass is 10.2. The average molecular weight is 419 g/mol. The van der Waals surface area contributed by atoms with Gasteiger partial charge in [0.25, 0.3) is 5.91 Å². The van der Waals surface area contributed by atoms with Crippen molar-refractivity contribution in [3.63, 3.8) is 0 Å². The van der Waals surface area contributed by atoms with E-state index >= 15 is 0 Å². The number of carbonyl (C=O) groups is 1. The van der Waals surface area contributed by atoms with Gasteiger partial charge in [-0.25, -0.2) is 4.99 Å². The molecule has 152 valence electrons. The van der Waals surface area contributed by atoms with Crippen LogP contribution in [0.5, 0.6) is 5.75 Å². The Morgan fingerprint density at radius 2 is 1.90 bits per heavy atom. The molecule has 1 aliphatic heterocycles. The second-order valence-corrected chi connectivity index (χ2v) is 7.81. The quantitative estimate of drug-likeness (QED) is 0.606. The molecule has 0 saturated carbocycles. The minimum Gasteiger partial charge on any atom is -0.494 e. The van der Waals surface area contributed by atoms with Crippen LogP contribution in [0, 0.1) is 13.8 Å². The van der Waals surface area contributed by atoms with Gasteiger partial charge in [-0.1, -0.05) is 0 Å². The zero-order chi connectivity index (χ0) is 21.1. The Bertz CT molecular complexity index is 1130. The van der Waals surface area contributed by atoms with E-state index in [0.29, 0.717) is 16.7 Å². The van der Waals surface area contributed by atoms with E-state index in [-0.39, 0.29) is 5.91 Å². The van der Waals surface area contributed by atoms with Crippen molar-refractivity contribution < 1.29 is 9.53 Å². The van der Waals surface area contributed by atoms with Crippen molar-refractivity contribution in [1.29, 1.82) is 0 Å². The molecule has 30 heavy (non-hydrogen) atoms. The van der Waals surface area contributed by atoms with E-state index in [1.165, 1.54) is 11.8 Å². The maximum absolute atomic E-state index is 12.5. The molecule has 1 fully saturated rings. The number of aromatic nitrogens is 2. The van der Waals surface area contributed by atoms with Crippen LogP contribution in [0.4, 0.5) is 5.69 Å². The van der Waals surface area contributed by atoms with Crippen LogP contribution in [-0.4, -0.2) is 27.2 Å². The number of nitrogens with one attached hydrogen (secondary N) is 1. The third-order valence-corrected chi connectivity index (χ3v) is 5.62. The number of hydrogen-bond donors (Lipinski definition) is 1. The molecule has 3 heterocycles. The van der Waals surface area contributed by atoms with E-state index in [0.717, 1.165) is 34.1 Å². The highest BCUT2D eigenvalue weighted by atomic mass is 32.2. The number of benzene rings is 1. The third kappa shape index (κ3) is 4.16. The van der Waals surface area contributed by atoms with Gasteiger partial charge in [0, 0.05) is 29.5 Å². The summed E-state index contributed by atoms with van der Waals surface area (Å²) in [7, 11) is 0. The van der Waals surface area contributed by atoms with Gasteiger partial charge < -0.3 is 14.6 Å². The fraction of sp³-hybridized carbons (Fsp3) is 0.174. The van der Waals surface area contributed by atoms with E-state index in [1.54, 1.807) is 12.4 Å². The predicted molar refractivity (Wildman–Crippen MR) is 121 cm³/mol. The number of carbonyl (C=O) groups excluding carboxylic acids is 1. The van der Waals surface area contributed by atoms with Crippen LogP contribution in [-0.2, 0) is 4.79 Å². The largest absolute Gasteiger partial charge is 0.494 e. The molecule has 0 spiro atoms. The van der Waals surface area contributed by atoms with Crippen molar-refractivity contribution in [2.24, 2.45) is 4.99 Å². The lowest BCUT2D eigenvalue weighted by Crippen LogP contribution is -2.19. The average Bonchev–Trinajstić information content (AvgIpc) is 3.22. The first-order valence-electron chi connectivity index (χ1n) is 9.67. The van der Waals surface area contributed by atoms with Crippen LogP contribution in [0.1, 0.15) is 23.9 Å². The van der Waals surface area contributed by atoms with Crippen molar-refractivity contribution in [3.05, 3.63) is 76.7 Å². The fourth-order valence-electron chi connectivity index (χ4n) is 3.35. The van der Waals surface area contributed by atoms with E-state index in [4.69, 9.17) is 4.74 Å². The number of ether oxygens (including phenoxy) is 1. The molecule has 0 atom stereocenters. The number of amides is 1. The molecule has 0 bridgehead atoms. The first-order chi connectivity index (χ1) is 14.5. The molecule has 1 amide bonds. The molecule has 1 aromatic carbocycles. The Hall–Kier alpha value is -3.32. The molecule has 0 unspecified atom stereocenters. The van der Waals surface area contributed by atoms with Crippen LogP contribution in [0.15, 0.2) is 64.8 Å². The fourth-order valence-corrected chi connectivity index (χ4v) is 4.18. The minimum atomic E-state index is -0.140. The molecule has 0 radical (unpaired) electrons. The molecule has 1 aliphatic rings. The molecular formula is C23H22N4O2S. The molecule has 7 heteroatoms. The summed E-state index contributed by atoms with van der Waals surface area (Å²) in [5, 5.41) is 3.41. The second kappa shape index (κ2) is 8.59. The van der Waals surface area contributed by atoms with Crippen LogP contribution < -0.4 is 10.1 Å². The Morgan fingerprint density at radius 3 is 2.60 bits per heavy atom. The molecular weight excluding hydrogens is 396 g/mol. The first kappa shape index (κ1) is 20.0. The topological polar surface area (TPSA) is 68.5 Å². The number of rotatable bonds is 5. The number of nitrogens with zero attached hydrogens (tertiary/aromatic N) is 3. The predicted octanol–water partition coefficient (Wildman–Crippen LogP) is 4.78. The van der Waals surface area contributed by atoms with Crippen molar-refractivity contribution >= 4 is 34.6 Å². The summed E-state index contributed by atoms with van der Waals surface area (Å²) in [5.74, 6) is 0.660. The molecule has 0 aliphatic carbocycles. The number of aryl methyl sites for hydroxylation is 1. The highest BCUT2D eigenvalue weighted by Crippen LogP contribution is 2.30. The number of hydrogen-bond acceptors (Lipinski definition) is 5. The number of aliphatic imine (C=N–C) groups is 1. The third-order valence-electron chi connectivity index (χ3n) is 4.71. The van der Waals surface area contributed by atoms with Crippen LogP contribution in [0.2, 0.25) is 0 Å². The van der Waals surface area contributed by atoms with Gasteiger partial charge in [-0.3, -0.25) is 9.78 Å². The van der Waals surface area contributed by atoms with Gasteiger partial charge in [-0.15, -0.1) is 0 Å². The van der Waals surface area contributed by atoms with Crippen LogP contribution in [0.3, 0.4) is 0 Å². The van der Waals surface area contributed by atoms with Crippen LogP contribution >= 0.6 is 11.8 Å². The highest BCUT2D eigenvalue weighted by molar-refractivity contribution is 8.18. The maximum atomic E-state index is 12.5. The van der Waals surface area contributed by atoms with Gasteiger partial charge in [0.2, 0.25) is 0 Å². The first-order valence-corrected chi connectivity index (χ1v) is 10.5. The van der Waals surface area contributed by atoms with E-state index in [1.807, 2.05) is 56.3 Å². The Morgan fingerprint density at radius 1 is 1.17 bits per heavy atom. The summed E-state index contributed by atoms with van der Waals surface area (Å²) < 4.78 is 7.60. The summed E-state index contributed by atoms with van der Waals surface area (Å²) in [6.45, 7) is 6.67. The van der Waals surface area contributed by atoms with Gasteiger partial charge in [0.05, 0.1) is 17.2 Å². The Kier molecular flexibility index (Phi) is 5.72. The zero-order valence-corrected chi connectivity index (χ0v) is 17.9. The number of thioether (sulfide) groups is 1. The summed E-state index contributed by atoms with van der Waals surface area (Å²) in [6.07, 6.45) is 5.47. The zero-order valence-electron chi connectivity index (χ0n) is 17.0. The lowest BCUT2D eigenvalue weighted by Gasteiger charge is -2.08. The molecule has 4 rings (SSSR count). The highest BCUT2D eigenvalue weighted by Gasteiger charge is 2.24. The number of pyridine rings is 1. The Balaban J connectivity index is 1.57. The van der Waals surface area contributed by atoms with Gasteiger partial charge in [0.15, 0.2) is 5.17 Å².